The van der Waals surface area contributed by atoms with Gasteiger partial charge in [-0.3, -0.25) is 0 Å². The number of nitrogens with zero attached hydrogens (tertiary/aromatic N) is 2. The number of hydrogen-bond donors (Lipinski definition) is 0. The van der Waals surface area contributed by atoms with Crippen LogP contribution in [0.2, 0.25) is 0 Å². The maximum absolute atomic E-state index is 4.17. The largest absolute Gasteiger partial charge is 0.337 e. The van der Waals surface area contributed by atoms with Crippen molar-refractivity contribution >= 4 is 6.34 Å². The molecule has 0 amide bonds. The van der Waals surface area contributed by atoms with Gasteiger partial charge >= 0.3 is 0 Å². The SMILES string of the molecule is C=C/N=C\N(C=C)C(CCCCCCC)CCCCCCC. The second-order valence-electron chi connectivity index (χ2n) is 6.14. The molecule has 0 aliphatic rings. The van der Waals surface area contributed by atoms with E-state index in [1.807, 2.05) is 12.5 Å². The zero-order valence-electron chi connectivity index (χ0n) is 15.1. The van der Waals surface area contributed by atoms with E-state index in [2.05, 4.69) is 36.9 Å². The van der Waals surface area contributed by atoms with Crippen LogP contribution in [0.25, 0.3) is 0 Å². The minimum absolute atomic E-state index is 0.546. The second-order valence-corrected chi connectivity index (χ2v) is 6.14. The minimum atomic E-state index is 0.546. The van der Waals surface area contributed by atoms with E-state index in [4.69, 9.17) is 0 Å². The third kappa shape index (κ3) is 11.6. The fourth-order valence-corrected chi connectivity index (χ4v) is 2.82. The summed E-state index contributed by atoms with van der Waals surface area (Å²) in [6.45, 7) is 12.1. The lowest BCUT2D eigenvalue weighted by molar-refractivity contribution is 0.339. The highest BCUT2D eigenvalue weighted by molar-refractivity contribution is 5.57. The van der Waals surface area contributed by atoms with Crippen LogP contribution >= 0.6 is 0 Å². The van der Waals surface area contributed by atoms with Crippen LogP contribution in [0.1, 0.15) is 90.9 Å². The Labute approximate surface area is 139 Å². The fraction of sp³-hybridized carbons (Fsp3) is 0.750. The predicted molar refractivity (Wildman–Crippen MR) is 101 cm³/mol. The van der Waals surface area contributed by atoms with Crippen LogP contribution in [0.15, 0.2) is 30.6 Å². The maximum atomic E-state index is 4.17. The molecule has 0 heterocycles. The number of hydrogen-bond acceptors (Lipinski definition) is 1. The Hall–Kier alpha value is -1.05. The van der Waals surface area contributed by atoms with Gasteiger partial charge in [0.1, 0.15) is 0 Å². The van der Waals surface area contributed by atoms with Gasteiger partial charge in [-0.25, -0.2) is 4.99 Å². The lowest BCUT2D eigenvalue weighted by Crippen LogP contribution is -2.29. The van der Waals surface area contributed by atoms with E-state index in [0.717, 1.165) is 0 Å². The summed E-state index contributed by atoms with van der Waals surface area (Å²) in [5, 5.41) is 0. The lowest BCUT2D eigenvalue weighted by Gasteiger charge is -2.27. The molecule has 0 N–H and O–H groups in total. The van der Waals surface area contributed by atoms with Crippen LogP contribution in [-0.2, 0) is 0 Å². The predicted octanol–water partition coefficient (Wildman–Crippen LogP) is 6.69. The molecule has 0 aromatic heterocycles. The molecule has 0 aromatic rings. The average molecular weight is 307 g/mol. The molecule has 0 atom stereocenters. The Balaban J connectivity index is 4.24. The molecule has 0 aliphatic heterocycles. The van der Waals surface area contributed by atoms with Gasteiger partial charge in [-0.2, -0.15) is 0 Å². The van der Waals surface area contributed by atoms with Crippen molar-refractivity contribution in [2.24, 2.45) is 4.99 Å². The van der Waals surface area contributed by atoms with Crippen LogP contribution in [0.3, 0.4) is 0 Å². The summed E-state index contributed by atoms with van der Waals surface area (Å²) in [7, 11) is 0. The van der Waals surface area contributed by atoms with Crippen molar-refractivity contribution < 1.29 is 0 Å². The Morgan fingerprint density at radius 1 is 0.818 bits per heavy atom. The number of aliphatic imine (C=N–C) groups is 1. The molecular formula is C20H38N2. The molecule has 0 aromatic carbocycles. The highest BCUT2D eigenvalue weighted by Crippen LogP contribution is 2.18. The topological polar surface area (TPSA) is 15.6 Å². The molecule has 2 heteroatoms. The van der Waals surface area contributed by atoms with E-state index < -0.39 is 0 Å². The van der Waals surface area contributed by atoms with Crippen LogP contribution < -0.4 is 0 Å². The first-order valence-electron chi connectivity index (χ1n) is 9.34. The highest BCUT2D eigenvalue weighted by atomic mass is 15.2. The normalized spacial score (nSPS) is 11.2. The molecule has 128 valence electrons. The van der Waals surface area contributed by atoms with Crippen molar-refractivity contribution in [1.82, 2.24) is 4.90 Å². The summed E-state index contributed by atoms with van der Waals surface area (Å²) in [6, 6.07) is 0.546. The van der Waals surface area contributed by atoms with Crippen LogP contribution in [0.4, 0.5) is 0 Å². The van der Waals surface area contributed by atoms with Gasteiger partial charge in [0.05, 0.1) is 6.34 Å². The first-order chi connectivity index (χ1) is 10.8. The third-order valence-electron chi connectivity index (χ3n) is 4.22. The van der Waals surface area contributed by atoms with Gasteiger partial charge in [-0.15, -0.1) is 0 Å². The summed E-state index contributed by atoms with van der Waals surface area (Å²) < 4.78 is 0. The molecule has 0 aliphatic carbocycles. The molecule has 0 rings (SSSR count). The molecule has 0 unspecified atom stereocenters. The smallest absolute Gasteiger partial charge is 0.0946 e. The Morgan fingerprint density at radius 2 is 1.32 bits per heavy atom. The van der Waals surface area contributed by atoms with Crippen molar-refractivity contribution in [3.05, 3.63) is 25.6 Å². The van der Waals surface area contributed by atoms with E-state index in [1.165, 1.54) is 77.0 Å². The quantitative estimate of drug-likeness (QED) is 0.176. The van der Waals surface area contributed by atoms with Gasteiger partial charge in [-0.05, 0) is 19.0 Å². The highest BCUT2D eigenvalue weighted by Gasteiger charge is 2.13. The first-order valence-corrected chi connectivity index (χ1v) is 9.34. The number of rotatable bonds is 16. The summed E-state index contributed by atoms with van der Waals surface area (Å²) in [5.74, 6) is 0. The zero-order valence-corrected chi connectivity index (χ0v) is 15.1. The standard InChI is InChI=1S/C20H38N2/c1-5-9-11-13-15-17-20(18-16-14-12-10-6-2)22(8-4)19-21-7-3/h7-8,19-20H,3-6,9-18H2,1-2H3/b21-19-. The zero-order chi connectivity index (χ0) is 16.5. The Bertz CT molecular complexity index is 269. The van der Waals surface area contributed by atoms with Gasteiger partial charge in [0.15, 0.2) is 0 Å². The Kier molecular flexibility index (Phi) is 15.5. The van der Waals surface area contributed by atoms with Gasteiger partial charge < -0.3 is 4.90 Å². The summed E-state index contributed by atoms with van der Waals surface area (Å²) in [5.41, 5.74) is 0. The molecule has 0 fully saturated rings. The van der Waals surface area contributed by atoms with Crippen LogP contribution in [0.5, 0.6) is 0 Å². The van der Waals surface area contributed by atoms with Gasteiger partial charge in [0, 0.05) is 12.2 Å². The lowest BCUT2D eigenvalue weighted by atomic mass is 9.99. The summed E-state index contributed by atoms with van der Waals surface area (Å²) in [6.07, 6.45) is 21.3. The van der Waals surface area contributed by atoms with Gasteiger partial charge in [-0.1, -0.05) is 91.2 Å². The van der Waals surface area contributed by atoms with E-state index in [-0.39, 0.29) is 0 Å². The molecule has 0 spiro atoms. The van der Waals surface area contributed by atoms with E-state index in [0.29, 0.717) is 6.04 Å². The van der Waals surface area contributed by atoms with Crippen molar-refractivity contribution in [2.75, 3.05) is 0 Å². The minimum Gasteiger partial charge on any atom is -0.337 e. The molecule has 22 heavy (non-hydrogen) atoms. The van der Waals surface area contributed by atoms with E-state index in [9.17, 15) is 0 Å². The molecule has 0 bridgehead atoms. The second kappa shape index (κ2) is 16.3. The summed E-state index contributed by atoms with van der Waals surface area (Å²) in [4.78, 5) is 6.35. The van der Waals surface area contributed by atoms with Crippen molar-refractivity contribution in [1.29, 1.82) is 0 Å². The molecular weight excluding hydrogens is 268 g/mol. The molecule has 0 saturated carbocycles. The molecule has 2 nitrogen and oxygen atoms in total. The maximum Gasteiger partial charge on any atom is 0.0946 e. The Morgan fingerprint density at radius 3 is 1.73 bits per heavy atom. The van der Waals surface area contributed by atoms with Crippen molar-refractivity contribution in [3.8, 4) is 0 Å². The number of unbranched alkanes of at least 4 members (excludes halogenated alkanes) is 8. The van der Waals surface area contributed by atoms with Crippen molar-refractivity contribution in [2.45, 2.75) is 96.9 Å². The first kappa shape index (κ1) is 20.9. The average Bonchev–Trinajstić information content (AvgIpc) is 2.54. The third-order valence-corrected chi connectivity index (χ3v) is 4.22. The fourth-order valence-electron chi connectivity index (χ4n) is 2.82. The van der Waals surface area contributed by atoms with Gasteiger partial charge in [0.2, 0.25) is 0 Å². The van der Waals surface area contributed by atoms with Crippen LogP contribution in [0, 0.1) is 0 Å². The monoisotopic (exact) mass is 306 g/mol. The molecule has 0 saturated heterocycles. The van der Waals surface area contributed by atoms with Crippen molar-refractivity contribution in [3.63, 3.8) is 0 Å². The van der Waals surface area contributed by atoms with Gasteiger partial charge in [0.25, 0.3) is 0 Å². The molecule has 0 radical (unpaired) electrons. The summed E-state index contributed by atoms with van der Waals surface area (Å²) >= 11 is 0. The van der Waals surface area contributed by atoms with Crippen LogP contribution in [-0.4, -0.2) is 17.3 Å². The van der Waals surface area contributed by atoms with E-state index in [1.54, 1.807) is 6.20 Å². The van der Waals surface area contributed by atoms with E-state index >= 15 is 0 Å².